The van der Waals surface area contributed by atoms with Gasteiger partial charge in [0.25, 0.3) is 0 Å². The van der Waals surface area contributed by atoms with Crippen LogP contribution in [0.5, 0.6) is 0 Å². The van der Waals surface area contributed by atoms with E-state index in [2.05, 4.69) is 4.90 Å². The minimum absolute atomic E-state index is 0.309. The molecule has 0 bridgehead atoms. The number of thioether (sulfide) groups is 1. The van der Waals surface area contributed by atoms with Gasteiger partial charge in [-0.05, 0) is 0 Å². The van der Waals surface area contributed by atoms with E-state index >= 15 is 0 Å². The standard InChI is InChI=1S/C7H15N3S/c8-7(9)1-2-10-3-5-11-6-4-10/h1-6H2,(H3,8,9). The number of nitrogens with one attached hydrogen (secondary N) is 1. The first-order valence-electron chi connectivity index (χ1n) is 3.92. The Balaban J connectivity index is 2.09. The Bertz CT molecular complexity index is 132. The van der Waals surface area contributed by atoms with E-state index in [0.29, 0.717) is 5.84 Å². The van der Waals surface area contributed by atoms with Crippen LogP contribution in [0.4, 0.5) is 0 Å². The molecule has 1 aliphatic rings. The third kappa shape index (κ3) is 3.62. The van der Waals surface area contributed by atoms with Crippen LogP contribution in [0, 0.1) is 5.41 Å². The molecule has 4 heteroatoms. The first kappa shape index (κ1) is 8.87. The highest BCUT2D eigenvalue weighted by molar-refractivity contribution is 7.99. The molecule has 0 saturated carbocycles. The topological polar surface area (TPSA) is 53.1 Å². The Morgan fingerprint density at radius 1 is 1.45 bits per heavy atom. The van der Waals surface area contributed by atoms with Crippen molar-refractivity contribution in [3.05, 3.63) is 0 Å². The van der Waals surface area contributed by atoms with Crippen LogP contribution >= 0.6 is 11.8 Å². The van der Waals surface area contributed by atoms with E-state index in [9.17, 15) is 0 Å². The van der Waals surface area contributed by atoms with Crippen molar-refractivity contribution in [3.8, 4) is 0 Å². The van der Waals surface area contributed by atoms with Crippen LogP contribution in [0.15, 0.2) is 0 Å². The third-order valence-electron chi connectivity index (χ3n) is 1.80. The quantitative estimate of drug-likeness (QED) is 0.478. The molecule has 0 unspecified atom stereocenters. The molecule has 0 aromatic rings. The molecule has 0 aliphatic carbocycles. The molecular weight excluding hydrogens is 158 g/mol. The summed E-state index contributed by atoms with van der Waals surface area (Å²) in [7, 11) is 0. The Hall–Kier alpha value is -0.220. The fraction of sp³-hybridized carbons (Fsp3) is 0.857. The lowest BCUT2D eigenvalue weighted by atomic mass is 10.3. The average molecular weight is 173 g/mol. The minimum Gasteiger partial charge on any atom is -0.388 e. The molecule has 1 aliphatic heterocycles. The maximum absolute atomic E-state index is 7.06. The zero-order valence-corrected chi connectivity index (χ0v) is 7.49. The first-order valence-corrected chi connectivity index (χ1v) is 5.07. The second-order valence-corrected chi connectivity index (χ2v) is 3.95. The van der Waals surface area contributed by atoms with Gasteiger partial charge in [-0.2, -0.15) is 11.8 Å². The molecule has 1 fully saturated rings. The van der Waals surface area contributed by atoms with Crippen LogP contribution < -0.4 is 5.73 Å². The van der Waals surface area contributed by atoms with Crippen molar-refractivity contribution in [2.75, 3.05) is 31.1 Å². The molecule has 11 heavy (non-hydrogen) atoms. The maximum Gasteiger partial charge on any atom is 0.0918 e. The van der Waals surface area contributed by atoms with E-state index in [4.69, 9.17) is 11.1 Å². The second kappa shape index (κ2) is 4.62. The highest BCUT2D eigenvalue weighted by atomic mass is 32.2. The van der Waals surface area contributed by atoms with Crippen molar-refractivity contribution in [3.63, 3.8) is 0 Å². The van der Waals surface area contributed by atoms with Crippen molar-refractivity contribution in [1.29, 1.82) is 5.41 Å². The van der Waals surface area contributed by atoms with E-state index in [1.807, 2.05) is 11.8 Å². The van der Waals surface area contributed by atoms with Gasteiger partial charge >= 0.3 is 0 Å². The molecule has 0 amide bonds. The average Bonchev–Trinajstić information content (AvgIpc) is 2.03. The van der Waals surface area contributed by atoms with Gasteiger partial charge in [0.15, 0.2) is 0 Å². The first-order chi connectivity index (χ1) is 5.29. The molecule has 0 aromatic carbocycles. The Morgan fingerprint density at radius 2 is 2.09 bits per heavy atom. The van der Waals surface area contributed by atoms with Gasteiger partial charge in [0, 0.05) is 37.6 Å². The summed E-state index contributed by atoms with van der Waals surface area (Å²) in [4.78, 5) is 2.37. The van der Waals surface area contributed by atoms with Gasteiger partial charge in [0.2, 0.25) is 0 Å². The molecule has 64 valence electrons. The predicted molar refractivity (Wildman–Crippen MR) is 50.3 cm³/mol. The fourth-order valence-electron chi connectivity index (χ4n) is 1.10. The van der Waals surface area contributed by atoms with Crippen molar-refractivity contribution in [2.45, 2.75) is 6.42 Å². The lowest BCUT2D eigenvalue weighted by molar-refractivity contribution is 0.311. The smallest absolute Gasteiger partial charge is 0.0918 e. The highest BCUT2D eigenvalue weighted by Crippen LogP contribution is 2.08. The van der Waals surface area contributed by atoms with Crippen molar-refractivity contribution in [1.82, 2.24) is 4.90 Å². The summed E-state index contributed by atoms with van der Waals surface area (Å²) in [5.74, 6) is 2.78. The molecule has 3 N–H and O–H groups in total. The predicted octanol–water partition coefficient (Wildman–Crippen LogP) is 0.361. The molecular formula is C7H15N3S. The number of amidine groups is 1. The van der Waals surface area contributed by atoms with E-state index < -0.39 is 0 Å². The summed E-state index contributed by atoms with van der Waals surface area (Å²) in [5, 5.41) is 7.06. The molecule has 1 rings (SSSR count). The van der Waals surface area contributed by atoms with Gasteiger partial charge in [-0.1, -0.05) is 0 Å². The summed E-state index contributed by atoms with van der Waals surface area (Å²) in [6.07, 6.45) is 0.727. The SMILES string of the molecule is N=C(N)CCN1CCSCC1. The van der Waals surface area contributed by atoms with E-state index in [1.54, 1.807) is 0 Å². The molecule has 3 nitrogen and oxygen atoms in total. The van der Waals surface area contributed by atoms with Gasteiger partial charge in [0.1, 0.15) is 0 Å². The maximum atomic E-state index is 7.06. The molecule has 0 aromatic heterocycles. The number of hydrogen-bond acceptors (Lipinski definition) is 3. The Kier molecular flexibility index (Phi) is 3.72. The van der Waals surface area contributed by atoms with Crippen molar-refractivity contribution >= 4 is 17.6 Å². The number of nitrogens with two attached hydrogens (primary N) is 1. The van der Waals surface area contributed by atoms with Crippen LogP contribution in [-0.4, -0.2) is 41.9 Å². The van der Waals surface area contributed by atoms with Gasteiger partial charge in [-0.25, -0.2) is 0 Å². The van der Waals surface area contributed by atoms with Gasteiger partial charge in [-0.15, -0.1) is 0 Å². The van der Waals surface area contributed by atoms with Gasteiger partial charge in [0.05, 0.1) is 5.84 Å². The van der Waals surface area contributed by atoms with Crippen LogP contribution in [0.1, 0.15) is 6.42 Å². The summed E-state index contributed by atoms with van der Waals surface area (Å²) < 4.78 is 0. The second-order valence-electron chi connectivity index (χ2n) is 2.73. The zero-order valence-electron chi connectivity index (χ0n) is 6.68. The minimum atomic E-state index is 0.309. The molecule has 0 spiro atoms. The van der Waals surface area contributed by atoms with Crippen LogP contribution in [-0.2, 0) is 0 Å². The number of rotatable bonds is 3. The fourth-order valence-corrected chi connectivity index (χ4v) is 2.08. The van der Waals surface area contributed by atoms with Crippen molar-refractivity contribution in [2.24, 2.45) is 5.73 Å². The molecule has 0 radical (unpaired) electrons. The van der Waals surface area contributed by atoms with Crippen LogP contribution in [0.3, 0.4) is 0 Å². The lowest BCUT2D eigenvalue weighted by Gasteiger charge is -2.25. The van der Waals surface area contributed by atoms with E-state index in [1.165, 1.54) is 11.5 Å². The zero-order chi connectivity index (χ0) is 8.10. The van der Waals surface area contributed by atoms with Crippen molar-refractivity contribution < 1.29 is 0 Å². The van der Waals surface area contributed by atoms with Gasteiger partial charge < -0.3 is 10.6 Å². The monoisotopic (exact) mass is 173 g/mol. The Labute approximate surface area is 71.8 Å². The molecule has 0 atom stereocenters. The summed E-state index contributed by atoms with van der Waals surface area (Å²) in [6.45, 7) is 3.30. The highest BCUT2D eigenvalue weighted by Gasteiger charge is 2.09. The summed E-state index contributed by atoms with van der Waals surface area (Å²) in [5.41, 5.74) is 5.26. The number of hydrogen-bond donors (Lipinski definition) is 2. The third-order valence-corrected chi connectivity index (χ3v) is 2.74. The molecule has 1 heterocycles. The summed E-state index contributed by atoms with van der Waals surface area (Å²) >= 11 is 2.01. The van der Waals surface area contributed by atoms with E-state index in [0.717, 1.165) is 26.1 Å². The largest absolute Gasteiger partial charge is 0.388 e. The Morgan fingerprint density at radius 3 is 2.64 bits per heavy atom. The normalized spacial score (nSPS) is 20.0. The number of nitrogens with zero attached hydrogens (tertiary/aromatic N) is 1. The molecule has 1 saturated heterocycles. The van der Waals surface area contributed by atoms with Crippen LogP contribution in [0.25, 0.3) is 0 Å². The summed E-state index contributed by atoms with van der Waals surface area (Å²) in [6, 6.07) is 0. The lowest BCUT2D eigenvalue weighted by Crippen LogP contribution is -2.34. The van der Waals surface area contributed by atoms with E-state index in [-0.39, 0.29) is 0 Å². The van der Waals surface area contributed by atoms with Gasteiger partial charge in [-0.3, -0.25) is 5.41 Å². The van der Waals surface area contributed by atoms with Crippen LogP contribution in [0.2, 0.25) is 0 Å².